The first-order chi connectivity index (χ1) is 11.0. The van der Waals surface area contributed by atoms with Gasteiger partial charge in [0.1, 0.15) is 13.1 Å². The Morgan fingerprint density at radius 2 is 2.09 bits per heavy atom. The summed E-state index contributed by atoms with van der Waals surface area (Å²) < 4.78 is 32.8. The number of amides is 1. The highest BCUT2D eigenvalue weighted by molar-refractivity contribution is 7.89. The summed E-state index contributed by atoms with van der Waals surface area (Å²) in [7, 11) is -3.56. The lowest BCUT2D eigenvalue weighted by molar-refractivity contribution is -0.906. The molecule has 1 fully saturated rings. The molecule has 1 saturated heterocycles. The highest BCUT2D eigenvalue weighted by Crippen LogP contribution is 2.33. The SMILES string of the molecule is C[C@@H]1C(=O)Nc2ccc(S(=O)(=O)NCC[NH+]3CCOCC3)cc21. The molecule has 0 bridgehead atoms. The molecule has 3 N–H and O–H groups in total. The Hall–Kier alpha value is -1.48. The van der Waals surface area contributed by atoms with Crippen LogP contribution in [0.2, 0.25) is 0 Å². The second-order valence-corrected chi connectivity index (χ2v) is 7.74. The molecule has 1 aromatic rings. The van der Waals surface area contributed by atoms with Crippen LogP contribution in [0.1, 0.15) is 18.4 Å². The fourth-order valence-corrected chi connectivity index (χ4v) is 3.98. The highest BCUT2D eigenvalue weighted by Gasteiger charge is 2.28. The number of hydrogen-bond acceptors (Lipinski definition) is 4. The Morgan fingerprint density at radius 3 is 2.83 bits per heavy atom. The molecule has 8 heteroatoms. The largest absolute Gasteiger partial charge is 0.370 e. The van der Waals surface area contributed by atoms with Gasteiger partial charge in [-0.05, 0) is 30.7 Å². The Bertz CT molecular complexity index is 699. The number of morpholine rings is 1. The molecule has 1 amide bonds. The smallest absolute Gasteiger partial charge is 0.240 e. The van der Waals surface area contributed by atoms with Gasteiger partial charge in [0.15, 0.2) is 0 Å². The second-order valence-electron chi connectivity index (χ2n) is 5.97. The predicted octanol–water partition coefficient (Wildman–Crippen LogP) is -1.06. The van der Waals surface area contributed by atoms with E-state index in [2.05, 4.69) is 10.0 Å². The average molecular weight is 340 g/mol. The van der Waals surface area contributed by atoms with Crippen molar-refractivity contribution in [1.29, 1.82) is 0 Å². The lowest BCUT2D eigenvalue weighted by atomic mass is 10.0. The zero-order valence-electron chi connectivity index (χ0n) is 13.1. The Kier molecular flexibility index (Phi) is 4.67. The maximum Gasteiger partial charge on any atom is 0.240 e. The molecule has 0 unspecified atom stereocenters. The number of hydrogen-bond donors (Lipinski definition) is 3. The van der Waals surface area contributed by atoms with Crippen molar-refractivity contribution in [3.63, 3.8) is 0 Å². The molecule has 7 nitrogen and oxygen atoms in total. The number of carbonyl (C=O) groups excluding carboxylic acids is 1. The summed E-state index contributed by atoms with van der Waals surface area (Å²) in [5, 5.41) is 2.74. The molecule has 0 saturated carbocycles. The molecule has 1 aromatic carbocycles. The van der Waals surface area contributed by atoms with E-state index in [0.29, 0.717) is 12.2 Å². The predicted molar refractivity (Wildman–Crippen MR) is 85.1 cm³/mol. The number of benzene rings is 1. The second kappa shape index (κ2) is 6.56. The summed E-state index contributed by atoms with van der Waals surface area (Å²) in [4.78, 5) is 13.2. The molecule has 126 valence electrons. The van der Waals surface area contributed by atoms with Crippen molar-refractivity contribution < 1.29 is 22.8 Å². The number of anilines is 1. The van der Waals surface area contributed by atoms with Crippen LogP contribution in [0, 0.1) is 0 Å². The van der Waals surface area contributed by atoms with Crippen molar-refractivity contribution in [1.82, 2.24) is 4.72 Å². The molecular formula is C15H22N3O4S+. The van der Waals surface area contributed by atoms with Crippen molar-refractivity contribution in [2.75, 3.05) is 44.7 Å². The van der Waals surface area contributed by atoms with Crippen LogP contribution >= 0.6 is 0 Å². The van der Waals surface area contributed by atoms with Crippen molar-refractivity contribution in [2.24, 2.45) is 0 Å². The molecule has 2 heterocycles. The Labute approximate surface area is 136 Å². The van der Waals surface area contributed by atoms with E-state index in [-0.39, 0.29) is 16.7 Å². The van der Waals surface area contributed by atoms with E-state index in [1.807, 2.05) is 0 Å². The molecule has 0 spiro atoms. The molecule has 0 aliphatic carbocycles. The van der Waals surface area contributed by atoms with Crippen LogP contribution in [0.5, 0.6) is 0 Å². The first kappa shape index (κ1) is 16.4. The Balaban J connectivity index is 1.65. The third-order valence-electron chi connectivity index (χ3n) is 4.42. The van der Waals surface area contributed by atoms with Crippen molar-refractivity contribution in [3.8, 4) is 0 Å². The fourth-order valence-electron chi connectivity index (χ4n) is 2.92. The molecule has 1 atom stereocenters. The van der Waals surface area contributed by atoms with Crippen LogP contribution in [0.25, 0.3) is 0 Å². The van der Waals surface area contributed by atoms with Gasteiger partial charge in [-0.1, -0.05) is 0 Å². The molecule has 23 heavy (non-hydrogen) atoms. The van der Waals surface area contributed by atoms with Crippen LogP contribution in [-0.2, 0) is 19.6 Å². The zero-order chi connectivity index (χ0) is 16.4. The lowest BCUT2D eigenvalue weighted by Crippen LogP contribution is -3.14. The minimum atomic E-state index is -3.56. The third-order valence-corrected chi connectivity index (χ3v) is 5.88. The lowest BCUT2D eigenvalue weighted by Gasteiger charge is -2.23. The number of ether oxygens (including phenoxy) is 1. The molecule has 2 aliphatic heterocycles. The monoisotopic (exact) mass is 340 g/mol. The standard InChI is InChI=1S/C15H21N3O4S/c1-11-13-10-12(2-3-14(13)17-15(11)19)23(20,21)16-4-5-18-6-8-22-9-7-18/h2-3,10-11,16H,4-9H2,1H3,(H,17,19)/p+1/t11-/m0/s1. The molecule has 2 aliphatic rings. The summed E-state index contributed by atoms with van der Waals surface area (Å²) >= 11 is 0. The molecule has 0 radical (unpaired) electrons. The van der Waals surface area contributed by atoms with E-state index in [9.17, 15) is 13.2 Å². The van der Waals surface area contributed by atoms with E-state index in [0.717, 1.165) is 38.4 Å². The first-order valence-electron chi connectivity index (χ1n) is 7.83. The van der Waals surface area contributed by atoms with Gasteiger partial charge in [0.25, 0.3) is 0 Å². The van der Waals surface area contributed by atoms with Crippen LogP contribution in [0.4, 0.5) is 5.69 Å². The molecular weight excluding hydrogens is 318 g/mol. The van der Waals surface area contributed by atoms with E-state index in [4.69, 9.17) is 4.74 Å². The molecule has 3 rings (SSSR count). The summed E-state index contributed by atoms with van der Waals surface area (Å²) in [6, 6.07) is 4.77. The van der Waals surface area contributed by atoms with E-state index in [1.165, 1.54) is 11.0 Å². The first-order valence-corrected chi connectivity index (χ1v) is 9.31. The zero-order valence-corrected chi connectivity index (χ0v) is 13.9. The number of quaternary nitrogens is 1. The summed E-state index contributed by atoms with van der Waals surface area (Å²) in [5.74, 6) is -0.420. The normalized spacial score (nSPS) is 22.0. The number of fused-ring (bicyclic) bond motifs is 1. The highest BCUT2D eigenvalue weighted by atomic mass is 32.2. The van der Waals surface area contributed by atoms with Crippen LogP contribution < -0.4 is 14.9 Å². The number of sulfonamides is 1. The molecule has 0 aromatic heterocycles. The minimum Gasteiger partial charge on any atom is -0.370 e. The van der Waals surface area contributed by atoms with Crippen LogP contribution in [0.15, 0.2) is 23.1 Å². The van der Waals surface area contributed by atoms with Gasteiger partial charge in [0.05, 0.1) is 37.1 Å². The van der Waals surface area contributed by atoms with Gasteiger partial charge in [-0.3, -0.25) is 4.79 Å². The van der Waals surface area contributed by atoms with E-state index in [1.54, 1.807) is 19.1 Å². The van der Waals surface area contributed by atoms with Gasteiger partial charge in [-0.2, -0.15) is 0 Å². The number of carbonyl (C=O) groups is 1. The van der Waals surface area contributed by atoms with Crippen LogP contribution in [0.3, 0.4) is 0 Å². The topological polar surface area (TPSA) is 88.9 Å². The number of rotatable bonds is 5. The number of nitrogens with one attached hydrogen (secondary N) is 3. The summed E-state index contributed by atoms with van der Waals surface area (Å²) in [6.45, 7) is 6.17. The summed E-state index contributed by atoms with van der Waals surface area (Å²) in [6.07, 6.45) is 0. The van der Waals surface area contributed by atoms with Gasteiger partial charge < -0.3 is 15.0 Å². The fraction of sp³-hybridized carbons (Fsp3) is 0.533. The third kappa shape index (κ3) is 3.55. The van der Waals surface area contributed by atoms with Gasteiger partial charge in [0.2, 0.25) is 15.9 Å². The summed E-state index contributed by atoms with van der Waals surface area (Å²) in [5.41, 5.74) is 1.43. The van der Waals surface area contributed by atoms with E-state index >= 15 is 0 Å². The average Bonchev–Trinajstić information content (AvgIpc) is 2.83. The maximum absolute atomic E-state index is 12.4. The van der Waals surface area contributed by atoms with E-state index < -0.39 is 10.0 Å². The van der Waals surface area contributed by atoms with Gasteiger partial charge in [-0.15, -0.1) is 0 Å². The minimum absolute atomic E-state index is 0.0987. The van der Waals surface area contributed by atoms with Crippen LogP contribution in [-0.4, -0.2) is 53.7 Å². The van der Waals surface area contributed by atoms with Crippen molar-refractivity contribution >= 4 is 21.6 Å². The quantitative estimate of drug-likeness (QED) is 0.637. The van der Waals surface area contributed by atoms with Gasteiger partial charge in [0, 0.05) is 5.69 Å². The Morgan fingerprint density at radius 1 is 1.35 bits per heavy atom. The van der Waals surface area contributed by atoms with Gasteiger partial charge in [-0.25, -0.2) is 13.1 Å². The van der Waals surface area contributed by atoms with Gasteiger partial charge >= 0.3 is 0 Å². The van der Waals surface area contributed by atoms with Crippen molar-refractivity contribution in [3.05, 3.63) is 23.8 Å². The maximum atomic E-state index is 12.4. The van der Waals surface area contributed by atoms with Crippen molar-refractivity contribution in [2.45, 2.75) is 17.7 Å².